The summed E-state index contributed by atoms with van der Waals surface area (Å²) in [6.45, 7) is 9.14. The lowest BCUT2D eigenvalue weighted by molar-refractivity contribution is 0.0582. The molecule has 0 aliphatic carbocycles. The van der Waals surface area contributed by atoms with Gasteiger partial charge in [0.1, 0.15) is 5.60 Å². The second-order valence-electron chi connectivity index (χ2n) is 8.79. The smallest absolute Gasteiger partial charge is 0.415 e. The largest absolute Gasteiger partial charge is 0.475 e. The van der Waals surface area contributed by atoms with Crippen molar-refractivity contribution in [1.82, 2.24) is 9.97 Å². The molecule has 0 atom stereocenters. The molecule has 2 aromatic carbocycles. The minimum Gasteiger partial charge on any atom is -0.475 e. The van der Waals surface area contributed by atoms with E-state index in [0.29, 0.717) is 27.9 Å². The molecule has 0 spiro atoms. The lowest BCUT2D eigenvalue weighted by atomic mass is 9.99. The van der Waals surface area contributed by atoms with Gasteiger partial charge in [-0.15, -0.1) is 0 Å². The third kappa shape index (κ3) is 5.99. The maximum atomic E-state index is 13.3. The second kappa shape index (κ2) is 10.3. The summed E-state index contributed by atoms with van der Waals surface area (Å²) in [5.74, 6) is -1.56. The van der Waals surface area contributed by atoms with Gasteiger partial charge < -0.3 is 14.6 Å². The van der Waals surface area contributed by atoms with Gasteiger partial charge in [0, 0.05) is 35.4 Å². The van der Waals surface area contributed by atoms with E-state index in [-0.39, 0.29) is 24.5 Å². The first-order chi connectivity index (χ1) is 16.5. The SMILES string of the molecule is C=C(C#N)CN(C(=O)OC(C)(C)C)c1c(COC)ccc2ccc(-c3ccnc(C(=O)O)n3)cc12. The number of rotatable bonds is 7. The van der Waals surface area contributed by atoms with Crippen LogP contribution in [0.15, 0.2) is 54.7 Å². The molecule has 0 saturated carbocycles. The molecule has 1 amide bonds. The number of aromatic nitrogens is 2. The molecule has 0 aliphatic heterocycles. The van der Waals surface area contributed by atoms with E-state index in [1.54, 1.807) is 33.9 Å². The number of methoxy groups -OCH3 is 1. The molecule has 0 saturated heterocycles. The van der Waals surface area contributed by atoms with Crippen molar-refractivity contribution in [2.24, 2.45) is 0 Å². The van der Waals surface area contributed by atoms with Crippen LogP contribution >= 0.6 is 0 Å². The van der Waals surface area contributed by atoms with Crippen molar-refractivity contribution in [2.45, 2.75) is 33.0 Å². The Kier molecular flexibility index (Phi) is 7.47. The van der Waals surface area contributed by atoms with E-state index in [2.05, 4.69) is 16.5 Å². The highest BCUT2D eigenvalue weighted by Gasteiger charge is 2.27. The highest BCUT2D eigenvalue weighted by atomic mass is 16.6. The fourth-order valence-corrected chi connectivity index (χ4v) is 3.50. The standard InChI is InChI=1S/C26H26N4O5/c1-16(13-27)14-30(25(33)35-26(2,3)4)22-19(15-34-5)9-7-17-6-8-18(12-20(17)22)21-10-11-28-23(29-21)24(31)32/h6-12H,1,14-15H2,2-5H3,(H,31,32). The molecule has 0 fully saturated rings. The highest BCUT2D eigenvalue weighted by Crippen LogP contribution is 2.35. The molecule has 0 bridgehead atoms. The summed E-state index contributed by atoms with van der Waals surface area (Å²) in [4.78, 5) is 33.9. The number of nitrogens with zero attached hydrogens (tertiary/aromatic N) is 4. The molecule has 1 N–H and O–H groups in total. The van der Waals surface area contributed by atoms with Gasteiger partial charge in [0.15, 0.2) is 0 Å². The molecule has 3 aromatic rings. The van der Waals surface area contributed by atoms with E-state index in [4.69, 9.17) is 9.47 Å². The van der Waals surface area contributed by atoms with Crippen LogP contribution in [-0.2, 0) is 16.1 Å². The fourth-order valence-electron chi connectivity index (χ4n) is 3.50. The lowest BCUT2D eigenvalue weighted by Crippen LogP contribution is -2.38. The maximum absolute atomic E-state index is 13.3. The van der Waals surface area contributed by atoms with E-state index >= 15 is 0 Å². The Morgan fingerprint density at radius 3 is 2.54 bits per heavy atom. The average molecular weight is 475 g/mol. The molecule has 0 unspecified atom stereocenters. The molecule has 9 heteroatoms. The van der Waals surface area contributed by atoms with E-state index in [0.717, 1.165) is 5.39 Å². The molecular formula is C26H26N4O5. The highest BCUT2D eigenvalue weighted by molar-refractivity contribution is 6.04. The molecule has 1 heterocycles. The number of hydrogen-bond donors (Lipinski definition) is 1. The number of fused-ring (bicyclic) bond motifs is 1. The van der Waals surface area contributed by atoms with E-state index in [9.17, 15) is 20.0 Å². The van der Waals surface area contributed by atoms with Gasteiger partial charge >= 0.3 is 12.1 Å². The minimum atomic E-state index is -1.23. The molecule has 180 valence electrons. The normalized spacial score (nSPS) is 11.1. The van der Waals surface area contributed by atoms with Crippen LogP contribution in [0, 0.1) is 11.3 Å². The van der Waals surface area contributed by atoms with Crippen LogP contribution in [0.1, 0.15) is 37.0 Å². The summed E-state index contributed by atoms with van der Waals surface area (Å²) in [6.07, 6.45) is 0.738. The van der Waals surface area contributed by atoms with Crippen molar-refractivity contribution in [3.8, 4) is 17.3 Å². The molecular weight excluding hydrogens is 448 g/mol. The number of amides is 1. The van der Waals surface area contributed by atoms with Crippen LogP contribution in [0.5, 0.6) is 0 Å². The van der Waals surface area contributed by atoms with Crippen LogP contribution in [0.4, 0.5) is 10.5 Å². The topological polar surface area (TPSA) is 126 Å². The Morgan fingerprint density at radius 2 is 1.91 bits per heavy atom. The van der Waals surface area contributed by atoms with Gasteiger partial charge in [-0.05, 0) is 38.3 Å². The number of benzene rings is 2. The van der Waals surface area contributed by atoms with E-state index in [1.807, 2.05) is 36.4 Å². The van der Waals surface area contributed by atoms with Crippen molar-refractivity contribution in [1.29, 1.82) is 5.26 Å². The van der Waals surface area contributed by atoms with Crippen LogP contribution in [-0.4, -0.2) is 46.4 Å². The Balaban J connectivity index is 2.27. The summed E-state index contributed by atoms with van der Waals surface area (Å²) in [6, 6.07) is 12.8. The molecule has 35 heavy (non-hydrogen) atoms. The third-order valence-electron chi connectivity index (χ3n) is 4.91. The predicted molar refractivity (Wildman–Crippen MR) is 131 cm³/mol. The Morgan fingerprint density at radius 1 is 1.20 bits per heavy atom. The number of carboxylic acid groups (broad SMARTS) is 1. The fraction of sp³-hybridized carbons (Fsp3) is 0.269. The number of anilines is 1. The van der Waals surface area contributed by atoms with Gasteiger partial charge in [-0.2, -0.15) is 5.26 Å². The van der Waals surface area contributed by atoms with Crippen LogP contribution in [0.2, 0.25) is 0 Å². The summed E-state index contributed by atoms with van der Waals surface area (Å²) in [7, 11) is 1.55. The zero-order chi connectivity index (χ0) is 25.8. The first-order valence-corrected chi connectivity index (χ1v) is 10.7. The molecule has 0 radical (unpaired) electrons. The van der Waals surface area contributed by atoms with Gasteiger partial charge in [-0.25, -0.2) is 19.6 Å². The van der Waals surface area contributed by atoms with Crippen molar-refractivity contribution < 1.29 is 24.2 Å². The van der Waals surface area contributed by atoms with Crippen LogP contribution in [0.3, 0.4) is 0 Å². The number of carbonyl (C=O) groups is 2. The van der Waals surface area contributed by atoms with Gasteiger partial charge in [0.2, 0.25) is 5.82 Å². The second-order valence-corrected chi connectivity index (χ2v) is 8.79. The van der Waals surface area contributed by atoms with Gasteiger partial charge in [-0.3, -0.25) is 4.90 Å². The number of hydrogen-bond acceptors (Lipinski definition) is 7. The van der Waals surface area contributed by atoms with E-state index < -0.39 is 17.7 Å². The number of ether oxygens (including phenoxy) is 2. The summed E-state index contributed by atoms with van der Waals surface area (Å²) < 4.78 is 11.0. The predicted octanol–water partition coefficient (Wildman–Crippen LogP) is 4.96. The van der Waals surface area contributed by atoms with Crippen LogP contribution < -0.4 is 4.90 Å². The van der Waals surface area contributed by atoms with Gasteiger partial charge in [0.05, 0.1) is 30.6 Å². The Bertz CT molecular complexity index is 1340. The van der Waals surface area contributed by atoms with Crippen molar-refractivity contribution >= 4 is 28.5 Å². The average Bonchev–Trinajstić information content (AvgIpc) is 2.81. The number of nitriles is 1. The summed E-state index contributed by atoms with van der Waals surface area (Å²) in [5.41, 5.74) is 1.64. The van der Waals surface area contributed by atoms with E-state index in [1.165, 1.54) is 11.1 Å². The third-order valence-corrected chi connectivity index (χ3v) is 4.91. The van der Waals surface area contributed by atoms with Gasteiger partial charge in [-0.1, -0.05) is 30.8 Å². The maximum Gasteiger partial charge on any atom is 0.415 e. The first kappa shape index (κ1) is 25.3. The molecule has 9 nitrogen and oxygen atoms in total. The Labute approximate surface area is 203 Å². The minimum absolute atomic E-state index is 0.0812. The van der Waals surface area contributed by atoms with Gasteiger partial charge in [0.25, 0.3) is 0 Å². The van der Waals surface area contributed by atoms with Crippen molar-refractivity contribution in [3.63, 3.8) is 0 Å². The number of aromatic carboxylic acids is 1. The molecule has 3 rings (SSSR count). The first-order valence-electron chi connectivity index (χ1n) is 10.7. The zero-order valence-corrected chi connectivity index (χ0v) is 20.0. The quantitative estimate of drug-likeness (QED) is 0.476. The molecule has 0 aliphatic rings. The summed E-state index contributed by atoms with van der Waals surface area (Å²) >= 11 is 0. The van der Waals surface area contributed by atoms with Crippen molar-refractivity contribution in [2.75, 3.05) is 18.6 Å². The summed E-state index contributed by atoms with van der Waals surface area (Å²) in [5, 5.41) is 20.1. The lowest BCUT2D eigenvalue weighted by Gasteiger charge is -2.29. The molecule has 1 aromatic heterocycles. The van der Waals surface area contributed by atoms with Crippen LogP contribution in [0.25, 0.3) is 22.0 Å². The number of carboxylic acids is 1. The monoisotopic (exact) mass is 474 g/mol. The number of carbonyl (C=O) groups excluding carboxylic acids is 1. The Hall–Kier alpha value is -4.29. The van der Waals surface area contributed by atoms with Crippen molar-refractivity contribution in [3.05, 3.63) is 66.1 Å². The zero-order valence-electron chi connectivity index (χ0n) is 20.0.